The first-order valence-electron chi connectivity index (χ1n) is 9.95. The zero-order valence-corrected chi connectivity index (χ0v) is 18.4. The number of nitrogens with zero attached hydrogens (tertiary/aromatic N) is 4. The molecule has 0 aliphatic carbocycles. The predicted molar refractivity (Wildman–Crippen MR) is 117 cm³/mol. The number of pyridine rings is 2. The van der Waals surface area contributed by atoms with Crippen molar-refractivity contribution >= 4 is 23.2 Å². The summed E-state index contributed by atoms with van der Waals surface area (Å²) in [5.74, 6) is -5.71. The van der Waals surface area contributed by atoms with Crippen molar-refractivity contribution in [3.8, 4) is 16.9 Å². The SMILES string of the molecule is CC(O)(c1ccc(F)cn1)C(F)(F)CCOc1c(Cl)ccc(-c2ccn3nc(N)nc3c2)c1F. The molecule has 0 saturated carbocycles. The standard InChI is InChI=1S/C22H18ClF4N5O2/c1-21(33,16-5-2-13(24)11-29-16)22(26,27)7-9-34-19-15(23)4-3-14(18(19)25)12-6-8-32-17(10-12)30-20(28)31-32/h2-6,8,10-11,33H,7,9H2,1H3,(H2,28,31). The Bertz CT molecular complexity index is 1350. The normalized spacial score (nSPS) is 13.7. The second kappa shape index (κ2) is 8.73. The van der Waals surface area contributed by atoms with Gasteiger partial charge in [0.2, 0.25) is 5.95 Å². The first-order valence-corrected chi connectivity index (χ1v) is 10.3. The van der Waals surface area contributed by atoms with Crippen LogP contribution >= 0.6 is 11.6 Å². The number of aliphatic hydroxyl groups is 1. The van der Waals surface area contributed by atoms with Crippen molar-refractivity contribution in [3.63, 3.8) is 0 Å². The Hall–Kier alpha value is -3.44. The monoisotopic (exact) mass is 495 g/mol. The first kappa shape index (κ1) is 23.7. The van der Waals surface area contributed by atoms with E-state index in [-0.39, 0.29) is 16.5 Å². The lowest BCUT2D eigenvalue weighted by molar-refractivity contribution is -0.186. The van der Waals surface area contributed by atoms with E-state index in [0.717, 1.165) is 25.3 Å². The molecule has 0 spiro atoms. The van der Waals surface area contributed by atoms with E-state index >= 15 is 4.39 Å². The highest BCUT2D eigenvalue weighted by Gasteiger charge is 2.51. The number of benzene rings is 1. The maximum absolute atomic E-state index is 15.2. The average Bonchev–Trinajstić information content (AvgIpc) is 3.15. The van der Waals surface area contributed by atoms with Crippen LogP contribution in [-0.4, -0.2) is 37.2 Å². The smallest absolute Gasteiger partial charge is 0.284 e. The van der Waals surface area contributed by atoms with Gasteiger partial charge < -0.3 is 15.6 Å². The lowest BCUT2D eigenvalue weighted by Crippen LogP contribution is -2.44. The van der Waals surface area contributed by atoms with Crippen LogP contribution in [0.15, 0.2) is 48.8 Å². The maximum Gasteiger partial charge on any atom is 0.284 e. The van der Waals surface area contributed by atoms with Gasteiger partial charge in [-0.2, -0.15) is 4.98 Å². The number of anilines is 1. The highest BCUT2D eigenvalue weighted by atomic mass is 35.5. The molecule has 4 rings (SSSR count). The van der Waals surface area contributed by atoms with E-state index in [1.807, 2.05) is 0 Å². The molecule has 1 atom stereocenters. The molecular weight excluding hydrogens is 478 g/mol. The highest BCUT2D eigenvalue weighted by molar-refractivity contribution is 6.32. The Balaban J connectivity index is 1.54. The van der Waals surface area contributed by atoms with Crippen LogP contribution in [0.1, 0.15) is 19.0 Å². The summed E-state index contributed by atoms with van der Waals surface area (Å²) in [6.07, 6.45) is 1.26. The second-order valence-corrected chi connectivity index (χ2v) is 8.07. The summed E-state index contributed by atoms with van der Waals surface area (Å²) in [4.78, 5) is 7.55. The largest absolute Gasteiger partial charge is 0.489 e. The number of halogens is 5. The van der Waals surface area contributed by atoms with Crippen LogP contribution in [0, 0.1) is 11.6 Å². The van der Waals surface area contributed by atoms with Gasteiger partial charge in [-0.05, 0) is 48.9 Å². The fourth-order valence-electron chi connectivity index (χ4n) is 3.33. The molecule has 0 aliphatic heterocycles. The quantitative estimate of drug-likeness (QED) is 0.363. The molecule has 0 saturated heterocycles. The Morgan fingerprint density at radius 2 is 1.94 bits per heavy atom. The first-order chi connectivity index (χ1) is 16.0. The van der Waals surface area contributed by atoms with Crippen molar-refractivity contribution in [1.82, 2.24) is 19.6 Å². The van der Waals surface area contributed by atoms with E-state index < -0.39 is 47.6 Å². The molecule has 3 N–H and O–H groups in total. The maximum atomic E-state index is 15.2. The van der Waals surface area contributed by atoms with Crippen LogP contribution in [0.25, 0.3) is 16.8 Å². The fraction of sp³-hybridized carbons (Fsp3) is 0.227. The van der Waals surface area contributed by atoms with Crippen LogP contribution in [0.3, 0.4) is 0 Å². The lowest BCUT2D eigenvalue weighted by atomic mass is 9.91. The topological polar surface area (TPSA) is 98.6 Å². The Kier molecular flexibility index (Phi) is 6.09. The Morgan fingerprint density at radius 1 is 1.18 bits per heavy atom. The van der Waals surface area contributed by atoms with Crippen molar-refractivity contribution in [2.45, 2.75) is 24.9 Å². The highest BCUT2D eigenvalue weighted by Crippen LogP contribution is 2.40. The van der Waals surface area contributed by atoms with Gasteiger partial charge in [0.25, 0.3) is 5.92 Å². The molecule has 0 amide bonds. The fourth-order valence-corrected chi connectivity index (χ4v) is 3.53. The van der Waals surface area contributed by atoms with E-state index in [9.17, 15) is 18.3 Å². The zero-order chi connectivity index (χ0) is 24.7. The molecule has 1 aromatic carbocycles. The van der Waals surface area contributed by atoms with E-state index in [4.69, 9.17) is 22.1 Å². The van der Waals surface area contributed by atoms with Gasteiger partial charge in [0.15, 0.2) is 22.8 Å². The predicted octanol–water partition coefficient (Wildman–Crippen LogP) is 4.62. The third-order valence-electron chi connectivity index (χ3n) is 5.31. The van der Waals surface area contributed by atoms with Crippen LogP contribution < -0.4 is 10.5 Å². The number of aromatic nitrogens is 4. The van der Waals surface area contributed by atoms with Crippen LogP contribution in [0.4, 0.5) is 23.5 Å². The minimum absolute atomic E-state index is 0.0467. The van der Waals surface area contributed by atoms with Crippen molar-refractivity contribution < 1.29 is 27.4 Å². The van der Waals surface area contributed by atoms with Crippen molar-refractivity contribution in [2.24, 2.45) is 0 Å². The van der Waals surface area contributed by atoms with Crippen LogP contribution in [0.2, 0.25) is 5.02 Å². The summed E-state index contributed by atoms with van der Waals surface area (Å²) >= 11 is 6.05. The van der Waals surface area contributed by atoms with Crippen LogP contribution in [-0.2, 0) is 5.60 Å². The van der Waals surface area contributed by atoms with Crippen molar-refractivity contribution in [3.05, 3.63) is 71.1 Å². The molecule has 0 fully saturated rings. The number of nitrogens with two attached hydrogens (primary N) is 1. The molecule has 0 aliphatic rings. The molecule has 12 heteroatoms. The molecule has 3 heterocycles. The Labute approximate surface area is 195 Å². The summed E-state index contributed by atoms with van der Waals surface area (Å²) in [5.41, 5.74) is 3.31. The minimum Gasteiger partial charge on any atom is -0.489 e. The van der Waals surface area contributed by atoms with Gasteiger partial charge in [-0.15, -0.1) is 5.10 Å². The van der Waals surface area contributed by atoms with Crippen LogP contribution in [0.5, 0.6) is 5.75 Å². The molecular formula is C22H18ClF4N5O2. The lowest BCUT2D eigenvalue weighted by Gasteiger charge is -2.32. The summed E-state index contributed by atoms with van der Waals surface area (Å²) in [6, 6.07) is 7.77. The number of ether oxygens (including phenoxy) is 1. The third kappa shape index (κ3) is 4.36. The van der Waals surface area contributed by atoms with E-state index in [1.165, 1.54) is 22.8 Å². The van der Waals surface area contributed by atoms with Gasteiger partial charge in [0.1, 0.15) is 5.82 Å². The van der Waals surface area contributed by atoms with Gasteiger partial charge in [-0.1, -0.05) is 11.6 Å². The van der Waals surface area contributed by atoms with E-state index in [2.05, 4.69) is 15.1 Å². The van der Waals surface area contributed by atoms with E-state index in [0.29, 0.717) is 11.2 Å². The Morgan fingerprint density at radius 3 is 2.65 bits per heavy atom. The summed E-state index contributed by atoms with van der Waals surface area (Å²) in [7, 11) is 0. The molecule has 34 heavy (non-hydrogen) atoms. The van der Waals surface area contributed by atoms with Gasteiger partial charge in [-0.25, -0.2) is 22.1 Å². The third-order valence-corrected chi connectivity index (χ3v) is 5.61. The van der Waals surface area contributed by atoms with Gasteiger partial charge >= 0.3 is 0 Å². The number of nitrogen functional groups attached to an aromatic ring is 1. The zero-order valence-electron chi connectivity index (χ0n) is 17.6. The number of hydrogen-bond donors (Lipinski definition) is 2. The number of alkyl halides is 2. The van der Waals surface area contributed by atoms with Crippen molar-refractivity contribution in [1.29, 1.82) is 0 Å². The number of hydrogen-bond acceptors (Lipinski definition) is 6. The molecule has 1 unspecified atom stereocenters. The van der Waals surface area contributed by atoms with Gasteiger partial charge in [-0.3, -0.25) is 4.98 Å². The van der Waals surface area contributed by atoms with Gasteiger partial charge in [0, 0.05) is 18.2 Å². The summed E-state index contributed by atoms with van der Waals surface area (Å²) in [6.45, 7) is 0.180. The number of fused-ring (bicyclic) bond motifs is 1. The van der Waals surface area contributed by atoms with E-state index in [1.54, 1.807) is 12.1 Å². The second-order valence-electron chi connectivity index (χ2n) is 7.66. The molecule has 4 aromatic rings. The molecule has 0 bridgehead atoms. The van der Waals surface area contributed by atoms with Crippen molar-refractivity contribution in [2.75, 3.05) is 12.3 Å². The summed E-state index contributed by atoms with van der Waals surface area (Å²) < 4.78 is 64.5. The molecule has 0 radical (unpaired) electrons. The summed E-state index contributed by atoms with van der Waals surface area (Å²) in [5, 5.41) is 14.2. The number of rotatable bonds is 7. The molecule has 178 valence electrons. The minimum atomic E-state index is -3.74. The molecule has 7 nitrogen and oxygen atoms in total. The average molecular weight is 496 g/mol. The molecule has 3 aromatic heterocycles. The van der Waals surface area contributed by atoms with Gasteiger partial charge in [0.05, 0.1) is 23.5 Å².